The average molecular weight is 438 g/mol. The molecule has 0 spiro atoms. The minimum absolute atomic E-state index is 0.0701. The van der Waals surface area contributed by atoms with Crippen molar-refractivity contribution < 1.29 is 14.4 Å². The first kappa shape index (κ1) is 20.1. The van der Waals surface area contributed by atoms with E-state index in [2.05, 4.69) is 10.6 Å². The SMILES string of the molecule is O=C1NCc2c(NC(=O)[C@@H]3C[C@@H]4CCCC[C@@H]4N3C(=O)c3cccc(Cl)c3)cccc21. The molecule has 1 aliphatic carbocycles. The first-order chi connectivity index (χ1) is 15.0. The molecule has 2 aromatic carbocycles. The van der Waals surface area contributed by atoms with Crippen LogP contribution in [0.5, 0.6) is 0 Å². The highest BCUT2D eigenvalue weighted by molar-refractivity contribution is 6.31. The van der Waals surface area contributed by atoms with E-state index in [1.807, 2.05) is 6.07 Å². The Labute approximate surface area is 185 Å². The Morgan fingerprint density at radius 1 is 1.10 bits per heavy atom. The predicted molar refractivity (Wildman–Crippen MR) is 118 cm³/mol. The highest BCUT2D eigenvalue weighted by Crippen LogP contribution is 2.41. The molecule has 5 rings (SSSR count). The van der Waals surface area contributed by atoms with Gasteiger partial charge in [-0.2, -0.15) is 0 Å². The summed E-state index contributed by atoms with van der Waals surface area (Å²) in [5, 5.41) is 6.31. The van der Waals surface area contributed by atoms with E-state index in [4.69, 9.17) is 11.6 Å². The Morgan fingerprint density at radius 2 is 1.90 bits per heavy atom. The Balaban J connectivity index is 1.44. The monoisotopic (exact) mass is 437 g/mol. The number of nitrogens with one attached hydrogen (secondary N) is 2. The maximum absolute atomic E-state index is 13.5. The number of likely N-dealkylation sites (tertiary alicyclic amines) is 1. The molecule has 6 nitrogen and oxygen atoms in total. The van der Waals surface area contributed by atoms with Gasteiger partial charge in [-0.25, -0.2) is 0 Å². The molecule has 3 atom stereocenters. The summed E-state index contributed by atoms with van der Waals surface area (Å²) in [7, 11) is 0. The van der Waals surface area contributed by atoms with Crippen molar-refractivity contribution in [1.29, 1.82) is 0 Å². The van der Waals surface area contributed by atoms with Crippen molar-refractivity contribution in [2.75, 3.05) is 5.32 Å². The van der Waals surface area contributed by atoms with Gasteiger partial charge in [0.15, 0.2) is 0 Å². The highest BCUT2D eigenvalue weighted by atomic mass is 35.5. The summed E-state index contributed by atoms with van der Waals surface area (Å²) in [6, 6.07) is 11.8. The van der Waals surface area contributed by atoms with Gasteiger partial charge in [0.25, 0.3) is 11.8 Å². The fourth-order valence-electron chi connectivity index (χ4n) is 5.34. The number of hydrogen-bond donors (Lipinski definition) is 2. The van der Waals surface area contributed by atoms with E-state index < -0.39 is 6.04 Å². The van der Waals surface area contributed by atoms with Crippen molar-refractivity contribution in [3.05, 3.63) is 64.2 Å². The minimum Gasteiger partial charge on any atom is -0.348 e. The molecule has 31 heavy (non-hydrogen) atoms. The Morgan fingerprint density at radius 3 is 2.74 bits per heavy atom. The van der Waals surface area contributed by atoms with Crippen molar-refractivity contribution in [1.82, 2.24) is 10.2 Å². The van der Waals surface area contributed by atoms with Crippen LogP contribution in [0.3, 0.4) is 0 Å². The molecule has 3 aliphatic rings. The number of carbonyl (C=O) groups excluding carboxylic acids is 3. The number of hydrogen-bond acceptors (Lipinski definition) is 3. The van der Waals surface area contributed by atoms with Crippen molar-refractivity contribution >= 4 is 35.0 Å². The number of rotatable bonds is 3. The van der Waals surface area contributed by atoms with Crippen LogP contribution in [-0.4, -0.2) is 34.7 Å². The summed E-state index contributed by atoms with van der Waals surface area (Å²) in [5.41, 5.74) is 2.52. The summed E-state index contributed by atoms with van der Waals surface area (Å²) < 4.78 is 0. The lowest BCUT2D eigenvalue weighted by Gasteiger charge is -2.33. The molecule has 7 heteroatoms. The maximum Gasteiger partial charge on any atom is 0.254 e. The van der Waals surface area contributed by atoms with E-state index in [1.54, 1.807) is 41.3 Å². The second kappa shape index (κ2) is 8.00. The molecule has 1 saturated heterocycles. The van der Waals surface area contributed by atoms with Gasteiger partial charge in [-0.1, -0.05) is 36.6 Å². The standard InChI is InChI=1S/C24H24ClN3O3/c25-16-7-3-6-15(11-16)24(31)28-20-10-2-1-5-14(20)12-21(28)23(30)27-19-9-4-8-17-18(19)13-26-22(17)29/h3-4,6-9,11,14,20-21H,1-2,5,10,12-13H2,(H,26,29)(H,27,30)/t14-,20-,21-/m0/s1. The van der Waals surface area contributed by atoms with Gasteiger partial charge < -0.3 is 15.5 Å². The topological polar surface area (TPSA) is 78.5 Å². The second-order valence-corrected chi connectivity index (χ2v) is 9.03. The number of anilines is 1. The van der Waals surface area contributed by atoms with Crippen molar-refractivity contribution in [2.45, 2.75) is 50.7 Å². The van der Waals surface area contributed by atoms with Crippen LogP contribution in [0.1, 0.15) is 58.4 Å². The first-order valence-electron chi connectivity index (χ1n) is 10.8. The first-order valence-corrected chi connectivity index (χ1v) is 11.2. The molecule has 0 aromatic heterocycles. The van der Waals surface area contributed by atoms with Gasteiger partial charge >= 0.3 is 0 Å². The lowest BCUT2D eigenvalue weighted by molar-refractivity contribution is -0.120. The summed E-state index contributed by atoms with van der Waals surface area (Å²) >= 11 is 6.12. The molecule has 3 amide bonds. The highest BCUT2D eigenvalue weighted by Gasteiger charge is 2.47. The Hall–Kier alpha value is -2.86. The quantitative estimate of drug-likeness (QED) is 0.761. The molecule has 160 valence electrons. The molecule has 0 unspecified atom stereocenters. The number of fused-ring (bicyclic) bond motifs is 2. The lowest BCUT2D eigenvalue weighted by Crippen LogP contribution is -2.47. The van der Waals surface area contributed by atoms with Crippen LogP contribution in [-0.2, 0) is 11.3 Å². The largest absolute Gasteiger partial charge is 0.348 e. The van der Waals surface area contributed by atoms with Gasteiger partial charge in [-0.05, 0) is 55.5 Å². The molecule has 0 radical (unpaired) electrons. The fraction of sp³-hybridized carbons (Fsp3) is 0.375. The van der Waals surface area contributed by atoms with Gasteiger partial charge in [-0.15, -0.1) is 0 Å². The van der Waals surface area contributed by atoms with Gasteiger partial charge in [-0.3, -0.25) is 14.4 Å². The summed E-state index contributed by atoms with van der Waals surface area (Å²) in [6.45, 7) is 0.395. The van der Waals surface area contributed by atoms with Crippen LogP contribution in [0.4, 0.5) is 5.69 Å². The van der Waals surface area contributed by atoms with E-state index in [-0.39, 0.29) is 23.8 Å². The number of carbonyl (C=O) groups is 3. The van der Waals surface area contributed by atoms with E-state index in [9.17, 15) is 14.4 Å². The molecule has 2 aromatic rings. The molecule has 2 heterocycles. The van der Waals surface area contributed by atoms with Crippen LogP contribution in [0.15, 0.2) is 42.5 Å². The van der Waals surface area contributed by atoms with Crippen LogP contribution < -0.4 is 10.6 Å². The van der Waals surface area contributed by atoms with Crippen molar-refractivity contribution in [3.63, 3.8) is 0 Å². The van der Waals surface area contributed by atoms with E-state index in [1.165, 1.54) is 0 Å². The third kappa shape index (κ3) is 3.59. The number of amides is 3. The van der Waals surface area contributed by atoms with Crippen LogP contribution in [0, 0.1) is 5.92 Å². The molecule has 0 bridgehead atoms. The number of nitrogens with zero attached hydrogens (tertiary/aromatic N) is 1. The lowest BCUT2D eigenvalue weighted by atomic mass is 9.84. The van der Waals surface area contributed by atoms with Gasteiger partial charge in [0.2, 0.25) is 5.91 Å². The summed E-state index contributed by atoms with van der Waals surface area (Å²) in [6.07, 6.45) is 4.81. The number of halogens is 1. The van der Waals surface area contributed by atoms with E-state index in [0.717, 1.165) is 31.2 Å². The van der Waals surface area contributed by atoms with Crippen LogP contribution in [0.2, 0.25) is 5.02 Å². The van der Waals surface area contributed by atoms with Gasteiger partial charge in [0.1, 0.15) is 6.04 Å². The Kier molecular flexibility index (Phi) is 5.18. The summed E-state index contributed by atoms with van der Waals surface area (Å²) in [4.78, 5) is 40.7. The number of benzene rings is 2. The smallest absolute Gasteiger partial charge is 0.254 e. The van der Waals surface area contributed by atoms with Gasteiger partial charge in [0, 0.05) is 40.0 Å². The third-order valence-electron chi connectivity index (χ3n) is 6.80. The zero-order chi connectivity index (χ0) is 21.5. The second-order valence-electron chi connectivity index (χ2n) is 8.59. The maximum atomic E-state index is 13.5. The van der Waals surface area contributed by atoms with E-state index >= 15 is 0 Å². The normalized spacial score (nSPS) is 24.4. The van der Waals surface area contributed by atoms with Crippen LogP contribution in [0.25, 0.3) is 0 Å². The zero-order valence-corrected chi connectivity index (χ0v) is 17.8. The average Bonchev–Trinajstić information content (AvgIpc) is 3.35. The Bertz CT molecular complexity index is 1070. The predicted octanol–water partition coefficient (Wildman–Crippen LogP) is 4.00. The minimum atomic E-state index is -0.541. The molecular weight excluding hydrogens is 414 g/mol. The fourth-order valence-corrected chi connectivity index (χ4v) is 5.53. The van der Waals surface area contributed by atoms with Crippen LogP contribution >= 0.6 is 11.6 Å². The molecule has 1 saturated carbocycles. The zero-order valence-electron chi connectivity index (χ0n) is 17.1. The molecule has 2 N–H and O–H groups in total. The third-order valence-corrected chi connectivity index (χ3v) is 7.04. The summed E-state index contributed by atoms with van der Waals surface area (Å²) in [5.74, 6) is -0.141. The van der Waals surface area contributed by atoms with Gasteiger partial charge in [0.05, 0.1) is 0 Å². The molecule has 2 aliphatic heterocycles. The molecular formula is C24H24ClN3O3. The van der Waals surface area contributed by atoms with Crippen molar-refractivity contribution in [2.24, 2.45) is 5.92 Å². The van der Waals surface area contributed by atoms with Crippen molar-refractivity contribution in [3.8, 4) is 0 Å². The van der Waals surface area contributed by atoms with E-state index in [0.29, 0.717) is 40.7 Å². The molecule has 2 fully saturated rings.